The number of hydrogen-bond donors (Lipinski definition) is 1. The van der Waals surface area contributed by atoms with Crippen LogP contribution in [0.1, 0.15) is 53.4 Å². The fourth-order valence-corrected chi connectivity index (χ4v) is 3.16. The van der Waals surface area contributed by atoms with E-state index in [1.807, 2.05) is 20.8 Å². The fraction of sp³-hybridized carbons (Fsp3) is 0.938. The lowest BCUT2D eigenvalue weighted by molar-refractivity contribution is -0.151. The first kappa shape index (κ1) is 17.4. The molecule has 1 N–H and O–H groups in total. The monoisotopic (exact) mass is 284 g/mol. The molecular formula is C16H32N2O2. The van der Waals surface area contributed by atoms with E-state index >= 15 is 0 Å². The van der Waals surface area contributed by atoms with Crippen molar-refractivity contribution in [2.45, 2.75) is 58.9 Å². The average Bonchev–Trinajstić information content (AvgIpc) is 2.42. The van der Waals surface area contributed by atoms with Crippen molar-refractivity contribution in [1.82, 2.24) is 10.2 Å². The molecule has 1 heterocycles. The van der Waals surface area contributed by atoms with Crippen LogP contribution in [0, 0.1) is 5.92 Å². The number of nitrogens with one attached hydrogen (secondary N) is 1. The molecule has 0 aromatic rings. The van der Waals surface area contributed by atoms with Crippen LogP contribution in [0.4, 0.5) is 0 Å². The van der Waals surface area contributed by atoms with E-state index in [4.69, 9.17) is 4.74 Å². The summed E-state index contributed by atoms with van der Waals surface area (Å²) in [6.45, 7) is 12.3. The van der Waals surface area contributed by atoms with Crippen LogP contribution >= 0.6 is 0 Å². The van der Waals surface area contributed by atoms with Crippen molar-refractivity contribution in [2.75, 3.05) is 32.8 Å². The highest BCUT2D eigenvalue weighted by Crippen LogP contribution is 2.23. The molecular weight excluding hydrogens is 252 g/mol. The number of likely N-dealkylation sites (N-methyl/N-ethyl adjacent to an activating group) is 1. The quantitative estimate of drug-likeness (QED) is 0.695. The first-order chi connectivity index (χ1) is 9.55. The summed E-state index contributed by atoms with van der Waals surface area (Å²) in [7, 11) is 0. The maximum Gasteiger partial charge on any atom is 0.327 e. The van der Waals surface area contributed by atoms with Gasteiger partial charge in [-0.15, -0.1) is 0 Å². The summed E-state index contributed by atoms with van der Waals surface area (Å²) in [4.78, 5) is 14.6. The molecule has 1 rings (SSSR count). The number of esters is 1. The van der Waals surface area contributed by atoms with E-state index in [0.29, 0.717) is 6.61 Å². The number of ether oxygens (including phenoxy) is 1. The minimum absolute atomic E-state index is 0.127. The highest BCUT2D eigenvalue weighted by atomic mass is 16.5. The third-order valence-electron chi connectivity index (χ3n) is 4.24. The predicted octanol–water partition coefficient (Wildman–Crippen LogP) is 2.43. The van der Waals surface area contributed by atoms with Gasteiger partial charge in [-0.1, -0.05) is 26.7 Å². The van der Waals surface area contributed by atoms with Gasteiger partial charge in [0.1, 0.15) is 5.54 Å². The van der Waals surface area contributed by atoms with Gasteiger partial charge in [0.25, 0.3) is 0 Å². The summed E-state index contributed by atoms with van der Waals surface area (Å²) < 4.78 is 5.23. The van der Waals surface area contributed by atoms with Crippen LogP contribution in [0.2, 0.25) is 0 Å². The normalized spacial score (nSPS) is 20.6. The molecule has 0 radical (unpaired) electrons. The Hall–Kier alpha value is -0.610. The number of piperidine rings is 1. The molecule has 0 aromatic heterocycles. The van der Waals surface area contributed by atoms with Crippen molar-refractivity contribution in [1.29, 1.82) is 0 Å². The van der Waals surface area contributed by atoms with E-state index < -0.39 is 5.54 Å². The Kier molecular flexibility index (Phi) is 7.52. The summed E-state index contributed by atoms with van der Waals surface area (Å²) in [6, 6.07) is 0. The lowest BCUT2D eigenvalue weighted by atomic mass is 9.91. The minimum atomic E-state index is -0.581. The van der Waals surface area contributed by atoms with E-state index in [-0.39, 0.29) is 5.97 Å². The van der Waals surface area contributed by atoms with E-state index in [1.165, 1.54) is 25.7 Å². The summed E-state index contributed by atoms with van der Waals surface area (Å²) >= 11 is 0. The second-order valence-electron chi connectivity index (χ2n) is 6.09. The van der Waals surface area contributed by atoms with Gasteiger partial charge in [-0.05, 0) is 52.2 Å². The lowest BCUT2D eigenvalue weighted by Gasteiger charge is -2.38. The largest absolute Gasteiger partial charge is 0.465 e. The molecule has 20 heavy (non-hydrogen) atoms. The zero-order valence-electron chi connectivity index (χ0n) is 13.7. The summed E-state index contributed by atoms with van der Waals surface area (Å²) in [6.07, 6.45) is 5.15. The number of carbonyl (C=O) groups excluding carboxylic acids is 1. The summed E-state index contributed by atoms with van der Waals surface area (Å²) in [5.74, 6) is 0.752. The average molecular weight is 284 g/mol. The molecule has 0 bridgehead atoms. The van der Waals surface area contributed by atoms with Crippen molar-refractivity contribution < 1.29 is 9.53 Å². The number of likely N-dealkylation sites (tertiary alicyclic amines) is 1. The second-order valence-corrected chi connectivity index (χ2v) is 6.09. The van der Waals surface area contributed by atoms with Crippen molar-refractivity contribution >= 4 is 5.97 Å². The van der Waals surface area contributed by atoms with Crippen LogP contribution in [0.25, 0.3) is 0 Å². The highest BCUT2D eigenvalue weighted by Gasteiger charge is 2.36. The zero-order valence-corrected chi connectivity index (χ0v) is 13.7. The Morgan fingerprint density at radius 3 is 2.45 bits per heavy atom. The van der Waals surface area contributed by atoms with Crippen LogP contribution in [-0.4, -0.2) is 49.2 Å². The molecule has 0 aromatic carbocycles. The van der Waals surface area contributed by atoms with Gasteiger partial charge in [0, 0.05) is 6.54 Å². The highest BCUT2D eigenvalue weighted by molar-refractivity contribution is 5.80. The summed E-state index contributed by atoms with van der Waals surface area (Å²) in [5.41, 5.74) is -0.581. The van der Waals surface area contributed by atoms with Gasteiger partial charge in [0.2, 0.25) is 0 Å². The Bertz CT molecular complexity index is 288. The van der Waals surface area contributed by atoms with Crippen molar-refractivity contribution in [3.8, 4) is 0 Å². The van der Waals surface area contributed by atoms with Crippen LogP contribution in [0.5, 0.6) is 0 Å². The number of rotatable bonds is 8. The molecule has 1 aliphatic rings. The van der Waals surface area contributed by atoms with Gasteiger partial charge < -0.3 is 15.0 Å². The lowest BCUT2D eigenvalue weighted by Crippen LogP contribution is -2.58. The first-order valence-electron chi connectivity index (χ1n) is 8.20. The molecule has 0 spiro atoms. The van der Waals surface area contributed by atoms with Crippen LogP contribution < -0.4 is 5.32 Å². The smallest absolute Gasteiger partial charge is 0.327 e. The van der Waals surface area contributed by atoms with Gasteiger partial charge in [0.05, 0.1) is 6.61 Å². The molecule has 0 saturated carbocycles. The molecule has 4 nitrogen and oxygen atoms in total. The second kappa shape index (κ2) is 8.63. The molecule has 1 saturated heterocycles. The maximum absolute atomic E-state index is 12.2. The van der Waals surface area contributed by atoms with Gasteiger partial charge in [-0.25, -0.2) is 0 Å². The molecule has 0 amide bonds. The Morgan fingerprint density at radius 2 is 1.95 bits per heavy atom. The Morgan fingerprint density at radius 1 is 1.30 bits per heavy atom. The van der Waals surface area contributed by atoms with Crippen molar-refractivity contribution in [3.63, 3.8) is 0 Å². The topological polar surface area (TPSA) is 41.6 Å². The standard InChI is InChI=1S/C16H32N2O2/c1-5-8-14-9-11-18(12-10-14)13-16(4,17-6-2)15(19)20-7-3/h14,17H,5-13H2,1-4H3. The summed E-state index contributed by atoms with van der Waals surface area (Å²) in [5, 5.41) is 3.31. The SMILES string of the molecule is CCCC1CCN(CC(C)(NCC)C(=O)OCC)CC1. The van der Waals surface area contributed by atoms with Gasteiger partial charge in [-0.3, -0.25) is 4.79 Å². The van der Waals surface area contributed by atoms with Gasteiger partial charge >= 0.3 is 5.97 Å². The maximum atomic E-state index is 12.2. The van der Waals surface area contributed by atoms with Crippen molar-refractivity contribution in [3.05, 3.63) is 0 Å². The van der Waals surface area contributed by atoms with E-state index in [1.54, 1.807) is 0 Å². The van der Waals surface area contributed by atoms with E-state index in [0.717, 1.165) is 32.1 Å². The Balaban J connectivity index is 2.52. The third kappa shape index (κ3) is 5.06. The molecule has 0 aliphatic carbocycles. The van der Waals surface area contributed by atoms with Crippen LogP contribution in [-0.2, 0) is 9.53 Å². The van der Waals surface area contributed by atoms with E-state index in [2.05, 4.69) is 17.1 Å². The van der Waals surface area contributed by atoms with E-state index in [9.17, 15) is 4.79 Å². The molecule has 1 unspecified atom stereocenters. The molecule has 1 fully saturated rings. The first-order valence-corrected chi connectivity index (χ1v) is 8.20. The predicted molar refractivity (Wildman–Crippen MR) is 82.8 cm³/mol. The Labute approximate surface area is 124 Å². The molecule has 4 heteroatoms. The van der Waals surface area contributed by atoms with Gasteiger partial charge in [0.15, 0.2) is 0 Å². The van der Waals surface area contributed by atoms with Crippen LogP contribution in [0.15, 0.2) is 0 Å². The minimum Gasteiger partial charge on any atom is -0.465 e. The zero-order chi connectivity index (χ0) is 15.0. The van der Waals surface area contributed by atoms with Gasteiger partial charge in [-0.2, -0.15) is 0 Å². The number of carbonyl (C=O) groups is 1. The number of nitrogens with zero attached hydrogens (tertiary/aromatic N) is 1. The molecule has 1 aliphatic heterocycles. The fourth-order valence-electron chi connectivity index (χ4n) is 3.16. The van der Waals surface area contributed by atoms with Crippen molar-refractivity contribution in [2.24, 2.45) is 5.92 Å². The van der Waals surface area contributed by atoms with Crippen LogP contribution in [0.3, 0.4) is 0 Å². The molecule has 1 atom stereocenters. The molecule has 118 valence electrons. The third-order valence-corrected chi connectivity index (χ3v) is 4.24. The number of hydrogen-bond acceptors (Lipinski definition) is 4.